The summed E-state index contributed by atoms with van der Waals surface area (Å²) in [5.41, 5.74) is 2.65. The number of hydrogen-bond acceptors (Lipinski definition) is 3. The molecule has 1 heterocycles. The minimum absolute atomic E-state index is 0.0686. The Morgan fingerprint density at radius 1 is 1.03 bits per heavy atom. The van der Waals surface area contributed by atoms with E-state index < -0.39 is 10.0 Å². The average Bonchev–Trinajstić information content (AvgIpc) is 2.67. The van der Waals surface area contributed by atoms with Crippen LogP contribution in [-0.4, -0.2) is 38.0 Å². The molecule has 0 radical (unpaired) electrons. The summed E-state index contributed by atoms with van der Waals surface area (Å²) in [6, 6.07) is 8.55. The number of nitrogens with zero attached hydrogens (tertiary/aromatic N) is 1. The lowest BCUT2D eigenvalue weighted by atomic mass is 9.48. The Bertz CT molecular complexity index is 858. The van der Waals surface area contributed by atoms with Crippen molar-refractivity contribution in [1.82, 2.24) is 4.31 Å². The normalized spacial score (nSPS) is 36.9. The maximum absolute atomic E-state index is 12.7. The lowest BCUT2D eigenvalue weighted by Crippen LogP contribution is -2.48. The van der Waals surface area contributed by atoms with Crippen molar-refractivity contribution in [3.8, 4) is 0 Å². The Balaban J connectivity index is 1.26. The van der Waals surface area contributed by atoms with Gasteiger partial charge in [-0.05, 0) is 92.2 Å². The van der Waals surface area contributed by atoms with Crippen molar-refractivity contribution in [3.05, 3.63) is 29.8 Å². The SMILES string of the molecule is CS(=O)(=O)N1CCC[C@@H](C(=O)Nc2ccc(C34CC5CC(CC(C5)C3)C4)cc2)C1. The van der Waals surface area contributed by atoms with Crippen molar-refractivity contribution >= 4 is 21.6 Å². The highest BCUT2D eigenvalue weighted by Gasteiger charge is 2.51. The fraction of sp³-hybridized carbons (Fsp3) is 0.696. The zero-order chi connectivity index (χ0) is 20.2. The van der Waals surface area contributed by atoms with Gasteiger partial charge in [-0.3, -0.25) is 4.79 Å². The fourth-order valence-electron chi connectivity index (χ4n) is 7.07. The van der Waals surface area contributed by atoms with Crippen LogP contribution in [0.5, 0.6) is 0 Å². The Labute approximate surface area is 174 Å². The van der Waals surface area contributed by atoms with Gasteiger partial charge in [-0.2, -0.15) is 0 Å². The number of nitrogens with one attached hydrogen (secondary N) is 1. The van der Waals surface area contributed by atoms with E-state index in [-0.39, 0.29) is 18.4 Å². The van der Waals surface area contributed by atoms with Gasteiger partial charge in [0.1, 0.15) is 0 Å². The summed E-state index contributed by atoms with van der Waals surface area (Å²) in [5.74, 6) is 2.42. The van der Waals surface area contributed by atoms with Crippen LogP contribution in [0.25, 0.3) is 0 Å². The first kappa shape index (κ1) is 19.6. The van der Waals surface area contributed by atoms with E-state index in [0.717, 1.165) is 36.3 Å². The predicted octanol–water partition coefficient (Wildman–Crippen LogP) is 3.76. The van der Waals surface area contributed by atoms with Crippen molar-refractivity contribution in [1.29, 1.82) is 0 Å². The van der Waals surface area contributed by atoms with Gasteiger partial charge in [0.2, 0.25) is 15.9 Å². The molecule has 4 saturated carbocycles. The number of piperidine rings is 1. The molecule has 1 saturated heterocycles. The molecule has 6 heteroatoms. The van der Waals surface area contributed by atoms with E-state index in [1.807, 2.05) is 12.1 Å². The van der Waals surface area contributed by atoms with Gasteiger partial charge in [0.05, 0.1) is 12.2 Å². The van der Waals surface area contributed by atoms with Crippen LogP contribution >= 0.6 is 0 Å². The molecular weight excluding hydrogens is 384 g/mol. The molecule has 0 spiro atoms. The number of rotatable bonds is 4. The van der Waals surface area contributed by atoms with Crippen LogP contribution in [0.2, 0.25) is 0 Å². The molecular formula is C23H32N2O3S. The zero-order valence-electron chi connectivity index (χ0n) is 17.3. The number of hydrogen-bond donors (Lipinski definition) is 1. The first-order chi connectivity index (χ1) is 13.8. The number of carbonyl (C=O) groups is 1. The van der Waals surface area contributed by atoms with Crippen molar-refractivity contribution in [2.24, 2.45) is 23.7 Å². The van der Waals surface area contributed by atoms with E-state index in [1.54, 1.807) is 0 Å². The quantitative estimate of drug-likeness (QED) is 0.813. The molecule has 1 atom stereocenters. The minimum Gasteiger partial charge on any atom is -0.326 e. The molecule has 6 rings (SSSR count). The smallest absolute Gasteiger partial charge is 0.228 e. The number of benzene rings is 1. The highest BCUT2D eigenvalue weighted by molar-refractivity contribution is 7.88. The molecule has 158 valence electrons. The van der Waals surface area contributed by atoms with E-state index in [1.165, 1.54) is 54.6 Å². The van der Waals surface area contributed by atoms with Crippen molar-refractivity contribution in [3.63, 3.8) is 0 Å². The van der Waals surface area contributed by atoms with E-state index in [0.29, 0.717) is 12.0 Å². The second-order valence-electron chi connectivity index (χ2n) is 10.2. The third kappa shape index (κ3) is 3.74. The summed E-state index contributed by atoms with van der Waals surface area (Å²) in [7, 11) is -3.24. The molecule has 4 aliphatic carbocycles. The van der Waals surface area contributed by atoms with Crippen LogP contribution in [0.4, 0.5) is 5.69 Å². The summed E-state index contributed by atoms with van der Waals surface area (Å²) in [6.45, 7) is 0.804. The fourth-order valence-corrected chi connectivity index (χ4v) is 7.98. The van der Waals surface area contributed by atoms with Crippen LogP contribution in [0.15, 0.2) is 24.3 Å². The van der Waals surface area contributed by atoms with Gasteiger partial charge >= 0.3 is 0 Å². The van der Waals surface area contributed by atoms with Gasteiger partial charge < -0.3 is 5.32 Å². The molecule has 5 aliphatic rings. The lowest BCUT2D eigenvalue weighted by Gasteiger charge is -2.57. The molecule has 1 aromatic rings. The molecule has 5 fully saturated rings. The number of carbonyl (C=O) groups excluding carboxylic acids is 1. The first-order valence-corrected chi connectivity index (χ1v) is 13.0. The summed E-state index contributed by atoms with van der Waals surface area (Å²) in [4.78, 5) is 12.7. The molecule has 4 bridgehead atoms. The molecule has 1 amide bonds. The zero-order valence-corrected chi connectivity index (χ0v) is 18.1. The molecule has 1 N–H and O–H groups in total. The van der Waals surface area contributed by atoms with Crippen LogP contribution in [-0.2, 0) is 20.2 Å². The highest BCUT2D eigenvalue weighted by atomic mass is 32.2. The summed E-state index contributed by atoms with van der Waals surface area (Å²) in [6.07, 6.45) is 11.0. The van der Waals surface area contributed by atoms with Crippen molar-refractivity contribution < 1.29 is 13.2 Å². The maximum atomic E-state index is 12.7. The highest BCUT2D eigenvalue weighted by Crippen LogP contribution is 2.60. The third-order valence-electron chi connectivity index (χ3n) is 8.03. The summed E-state index contributed by atoms with van der Waals surface area (Å²) < 4.78 is 25.0. The topological polar surface area (TPSA) is 66.5 Å². The van der Waals surface area contributed by atoms with E-state index in [9.17, 15) is 13.2 Å². The molecule has 1 aliphatic heterocycles. The lowest BCUT2D eigenvalue weighted by molar-refractivity contribution is -0.120. The third-order valence-corrected chi connectivity index (χ3v) is 9.30. The van der Waals surface area contributed by atoms with Gasteiger partial charge in [-0.1, -0.05) is 12.1 Å². The second kappa shape index (κ2) is 7.09. The Hall–Kier alpha value is -1.40. The van der Waals surface area contributed by atoms with Crippen LogP contribution < -0.4 is 5.32 Å². The van der Waals surface area contributed by atoms with Crippen molar-refractivity contribution in [2.45, 2.75) is 56.8 Å². The van der Waals surface area contributed by atoms with Crippen LogP contribution in [0.1, 0.15) is 56.9 Å². The molecule has 0 aromatic heterocycles. The first-order valence-electron chi connectivity index (χ1n) is 11.2. The van der Waals surface area contributed by atoms with Crippen LogP contribution in [0.3, 0.4) is 0 Å². The minimum atomic E-state index is -3.24. The Morgan fingerprint density at radius 2 is 1.62 bits per heavy atom. The monoisotopic (exact) mass is 416 g/mol. The molecule has 29 heavy (non-hydrogen) atoms. The Morgan fingerprint density at radius 3 is 2.17 bits per heavy atom. The van der Waals surface area contributed by atoms with Gasteiger partial charge in [0.25, 0.3) is 0 Å². The standard InChI is InChI=1S/C23H32N2O3S/c1-29(27,28)25-8-2-3-19(15-25)22(26)24-21-6-4-20(5-7-21)23-12-16-9-17(13-23)11-18(10-16)14-23/h4-7,16-19H,2-3,8-15H2,1H3,(H,24,26)/t16?,17?,18?,19-,23?/m1/s1. The van der Waals surface area contributed by atoms with Gasteiger partial charge in [0.15, 0.2) is 0 Å². The predicted molar refractivity (Wildman–Crippen MR) is 114 cm³/mol. The number of anilines is 1. The van der Waals surface area contributed by atoms with Crippen molar-refractivity contribution in [2.75, 3.05) is 24.7 Å². The summed E-state index contributed by atoms with van der Waals surface area (Å²) >= 11 is 0. The average molecular weight is 417 g/mol. The largest absolute Gasteiger partial charge is 0.326 e. The van der Waals surface area contributed by atoms with E-state index >= 15 is 0 Å². The van der Waals surface area contributed by atoms with Gasteiger partial charge in [-0.15, -0.1) is 0 Å². The van der Waals surface area contributed by atoms with E-state index in [4.69, 9.17) is 0 Å². The number of sulfonamides is 1. The molecule has 1 aromatic carbocycles. The summed E-state index contributed by atoms with van der Waals surface area (Å²) in [5, 5.41) is 3.02. The van der Waals surface area contributed by atoms with Gasteiger partial charge in [-0.25, -0.2) is 12.7 Å². The van der Waals surface area contributed by atoms with Crippen LogP contribution in [0, 0.1) is 23.7 Å². The van der Waals surface area contributed by atoms with Gasteiger partial charge in [0, 0.05) is 18.8 Å². The molecule has 0 unspecified atom stereocenters. The van der Waals surface area contributed by atoms with E-state index in [2.05, 4.69) is 17.4 Å². The second-order valence-corrected chi connectivity index (χ2v) is 12.2. The number of amides is 1. The maximum Gasteiger partial charge on any atom is 0.228 e. The molecule has 5 nitrogen and oxygen atoms in total. The Kier molecular flexibility index (Phi) is 4.78.